The lowest BCUT2D eigenvalue weighted by atomic mass is 10.00. The fraction of sp³-hybridized carbons (Fsp3) is 0.160. The van der Waals surface area contributed by atoms with Crippen LogP contribution in [0, 0.1) is 0 Å². The number of methoxy groups -OCH3 is 1. The molecule has 0 aliphatic heterocycles. The molecule has 6 heteroatoms. The van der Waals surface area contributed by atoms with Crippen molar-refractivity contribution < 1.29 is 9.53 Å². The van der Waals surface area contributed by atoms with E-state index in [9.17, 15) is 9.59 Å². The first-order valence-corrected chi connectivity index (χ1v) is 10.0. The molecule has 0 unspecified atom stereocenters. The molecule has 2 aromatic heterocycles. The summed E-state index contributed by atoms with van der Waals surface area (Å²) in [5, 5.41) is 3.65. The van der Waals surface area contributed by atoms with Gasteiger partial charge in [0.15, 0.2) is 0 Å². The van der Waals surface area contributed by atoms with Gasteiger partial charge in [-0.2, -0.15) is 0 Å². The third-order valence-electron chi connectivity index (χ3n) is 5.25. The number of aryl methyl sites for hydroxylation is 2. The number of ether oxygens (including phenoxy) is 1. The van der Waals surface area contributed by atoms with Gasteiger partial charge in [0, 0.05) is 30.6 Å². The minimum absolute atomic E-state index is 0.215. The first-order valence-electron chi connectivity index (χ1n) is 10.0. The molecule has 0 saturated carbocycles. The highest BCUT2D eigenvalue weighted by molar-refractivity contribution is 6.04. The third-order valence-corrected chi connectivity index (χ3v) is 5.25. The summed E-state index contributed by atoms with van der Waals surface area (Å²) >= 11 is 0. The Hall–Kier alpha value is -3.93. The Morgan fingerprint density at radius 3 is 2.65 bits per heavy atom. The highest BCUT2D eigenvalue weighted by Gasteiger charge is 2.19. The number of nitrogens with one attached hydrogen (secondary N) is 1. The number of aromatic nitrogens is 2. The molecule has 6 nitrogen and oxygen atoms in total. The van der Waals surface area contributed by atoms with E-state index in [-0.39, 0.29) is 23.6 Å². The molecule has 0 radical (unpaired) electrons. The van der Waals surface area contributed by atoms with E-state index >= 15 is 0 Å². The number of pyridine rings is 2. The summed E-state index contributed by atoms with van der Waals surface area (Å²) in [5.74, 6) is 0.449. The first-order chi connectivity index (χ1) is 15.1. The van der Waals surface area contributed by atoms with Crippen molar-refractivity contribution in [2.75, 3.05) is 12.4 Å². The van der Waals surface area contributed by atoms with Crippen molar-refractivity contribution in [2.24, 2.45) is 7.05 Å². The summed E-state index contributed by atoms with van der Waals surface area (Å²) in [5.41, 5.74) is 2.96. The van der Waals surface area contributed by atoms with Crippen LogP contribution in [0.1, 0.15) is 12.0 Å². The monoisotopic (exact) mass is 413 g/mol. The Bertz CT molecular complexity index is 1300. The third kappa shape index (κ3) is 4.19. The second-order valence-electron chi connectivity index (χ2n) is 7.25. The van der Waals surface area contributed by atoms with Crippen LogP contribution in [-0.4, -0.2) is 22.6 Å². The summed E-state index contributed by atoms with van der Waals surface area (Å²) in [4.78, 5) is 30.4. The van der Waals surface area contributed by atoms with Crippen molar-refractivity contribution in [3.8, 4) is 16.9 Å². The fourth-order valence-electron chi connectivity index (χ4n) is 3.66. The summed E-state index contributed by atoms with van der Waals surface area (Å²) in [6.45, 7) is 0. The van der Waals surface area contributed by atoms with Gasteiger partial charge in [-0.05, 0) is 41.8 Å². The molecule has 0 spiro atoms. The zero-order chi connectivity index (χ0) is 21.8. The SMILES string of the molecule is COc1cccc(-c2c(NC(=O)CCc3ccccc3)c(=O)n(C)c3ncccc23)c1. The molecule has 4 rings (SSSR count). The van der Waals surface area contributed by atoms with E-state index in [1.165, 1.54) is 4.57 Å². The van der Waals surface area contributed by atoms with Gasteiger partial charge < -0.3 is 10.1 Å². The van der Waals surface area contributed by atoms with Crippen LogP contribution < -0.4 is 15.6 Å². The van der Waals surface area contributed by atoms with E-state index in [0.29, 0.717) is 23.4 Å². The number of hydrogen-bond acceptors (Lipinski definition) is 4. The van der Waals surface area contributed by atoms with Gasteiger partial charge in [0.1, 0.15) is 17.1 Å². The molecule has 0 aliphatic carbocycles. The molecule has 4 aromatic rings. The Balaban J connectivity index is 1.79. The molecule has 31 heavy (non-hydrogen) atoms. The van der Waals surface area contributed by atoms with E-state index in [1.54, 1.807) is 20.4 Å². The van der Waals surface area contributed by atoms with Gasteiger partial charge >= 0.3 is 0 Å². The highest BCUT2D eigenvalue weighted by Crippen LogP contribution is 2.34. The zero-order valence-electron chi connectivity index (χ0n) is 17.5. The van der Waals surface area contributed by atoms with E-state index < -0.39 is 0 Å². The number of nitrogens with zero attached hydrogens (tertiary/aromatic N) is 2. The Kier molecular flexibility index (Phi) is 5.80. The van der Waals surface area contributed by atoms with Gasteiger partial charge in [-0.1, -0.05) is 42.5 Å². The second kappa shape index (κ2) is 8.83. The summed E-state index contributed by atoms with van der Waals surface area (Å²) in [6.07, 6.45) is 2.52. The van der Waals surface area contributed by atoms with Crippen molar-refractivity contribution in [3.63, 3.8) is 0 Å². The molecule has 2 heterocycles. The average molecular weight is 413 g/mol. The molecule has 156 valence electrons. The molecule has 1 amide bonds. The van der Waals surface area contributed by atoms with Gasteiger partial charge in [0.05, 0.1) is 7.11 Å². The molecule has 1 N–H and O–H groups in total. The quantitative estimate of drug-likeness (QED) is 0.515. The van der Waals surface area contributed by atoms with Gasteiger partial charge in [0.2, 0.25) is 5.91 Å². The number of benzene rings is 2. The summed E-state index contributed by atoms with van der Waals surface area (Å²) < 4.78 is 6.83. The Morgan fingerprint density at radius 1 is 1.06 bits per heavy atom. The number of rotatable bonds is 6. The van der Waals surface area contributed by atoms with Crippen LogP contribution in [0.15, 0.2) is 77.7 Å². The molecule has 0 bridgehead atoms. The van der Waals surface area contributed by atoms with Crippen molar-refractivity contribution >= 4 is 22.6 Å². The number of fused-ring (bicyclic) bond motifs is 1. The van der Waals surface area contributed by atoms with Gasteiger partial charge in [0.25, 0.3) is 5.56 Å². The smallest absolute Gasteiger partial charge is 0.276 e. The van der Waals surface area contributed by atoms with Crippen LogP contribution in [0.25, 0.3) is 22.2 Å². The number of hydrogen-bond donors (Lipinski definition) is 1. The maximum atomic E-state index is 13.2. The number of amides is 1. The first kappa shape index (κ1) is 20.3. The van der Waals surface area contributed by atoms with Crippen LogP contribution in [0.3, 0.4) is 0 Å². The largest absolute Gasteiger partial charge is 0.497 e. The van der Waals surface area contributed by atoms with Crippen LogP contribution >= 0.6 is 0 Å². The molecule has 2 aromatic carbocycles. The topological polar surface area (TPSA) is 73.2 Å². The van der Waals surface area contributed by atoms with Crippen LogP contribution in [0.4, 0.5) is 5.69 Å². The zero-order valence-corrected chi connectivity index (χ0v) is 17.5. The van der Waals surface area contributed by atoms with E-state index in [0.717, 1.165) is 16.5 Å². The summed E-state index contributed by atoms with van der Waals surface area (Å²) in [7, 11) is 3.25. The molecule has 0 fully saturated rings. The van der Waals surface area contributed by atoms with Crippen LogP contribution in [0.2, 0.25) is 0 Å². The second-order valence-corrected chi connectivity index (χ2v) is 7.25. The maximum Gasteiger partial charge on any atom is 0.276 e. The predicted octanol–water partition coefficient (Wildman–Crippen LogP) is 4.18. The Morgan fingerprint density at radius 2 is 1.87 bits per heavy atom. The lowest BCUT2D eigenvalue weighted by Gasteiger charge is -2.16. The fourth-order valence-corrected chi connectivity index (χ4v) is 3.66. The molecular weight excluding hydrogens is 390 g/mol. The maximum absolute atomic E-state index is 13.2. The summed E-state index contributed by atoms with van der Waals surface area (Å²) in [6, 6.07) is 20.9. The molecule has 0 aliphatic rings. The standard InChI is InChI=1S/C25H23N3O3/c1-28-24-20(12-7-15-26-24)22(18-10-6-11-19(16-18)31-2)23(25(28)30)27-21(29)14-13-17-8-4-3-5-9-17/h3-12,15-16H,13-14H2,1-2H3,(H,27,29). The van der Waals surface area contributed by atoms with Crippen LogP contribution in [0.5, 0.6) is 5.75 Å². The van der Waals surface area contributed by atoms with Crippen molar-refractivity contribution in [1.29, 1.82) is 0 Å². The van der Waals surface area contributed by atoms with E-state index in [2.05, 4.69) is 10.3 Å². The number of anilines is 1. The minimum atomic E-state index is -0.308. The molecule has 0 atom stereocenters. The molecular formula is C25H23N3O3. The highest BCUT2D eigenvalue weighted by atomic mass is 16.5. The van der Waals surface area contributed by atoms with E-state index in [1.807, 2.05) is 66.7 Å². The van der Waals surface area contributed by atoms with E-state index in [4.69, 9.17) is 4.74 Å². The lowest BCUT2D eigenvalue weighted by Crippen LogP contribution is -2.26. The minimum Gasteiger partial charge on any atom is -0.497 e. The van der Waals surface area contributed by atoms with Gasteiger partial charge in [-0.3, -0.25) is 14.2 Å². The van der Waals surface area contributed by atoms with Gasteiger partial charge in [-0.25, -0.2) is 4.98 Å². The van der Waals surface area contributed by atoms with Crippen molar-refractivity contribution in [3.05, 3.63) is 88.8 Å². The number of carbonyl (C=O) groups is 1. The van der Waals surface area contributed by atoms with Crippen molar-refractivity contribution in [1.82, 2.24) is 9.55 Å². The number of carbonyl (C=O) groups excluding carboxylic acids is 1. The normalized spacial score (nSPS) is 10.8. The lowest BCUT2D eigenvalue weighted by molar-refractivity contribution is -0.116. The van der Waals surface area contributed by atoms with Crippen molar-refractivity contribution in [2.45, 2.75) is 12.8 Å². The molecule has 0 saturated heterocycles. The van der Waals surface area contributed by atoms with Crippen LogP contribution in [-0.2, 0) is 18.3 Å². The average Bonchev–Trinajstić information content (AvgIpc) is 2.82. The van der Waals surface area contributed by atoms with Gasteiger partial charge in [-0.15, -0.1) is 0 Å². The Labute approximate surface area is 180 Å². The predicted molar refractivity (Wildman–Crippen MR) is 122 cm³/mol.